The molecule has 1 aliphatic carbocycles. The molecule has 0 aliphatic heterocycles. The third-order valence-corrected chi connectivity index (χ3v) is 5.69. The van der Waals surface area contributed by atoms with Crippen molar-refractivity contribution in [2.24, 2.45) is 7.05 Å². The van der Waals surface area contributed by atoms with Crippen molar-refractivity contribution in [3.8, 4) is 11.4 Å². The highest BCUT2D eigenvalue weighted by atomic mass is 32.2. The normalized spacial score (nSPS) is 16.6. The molecule has 3 rings (SSSR count). The zero-order chi connectivity index (χ0) is 17.8. The van der Waals surface area contributed by atoms with Crippen LogP contribution in [0.5, 0.6) is 0 Å². The molecule has 0 radical (unpaired) electrons. The van der Waals surface area contributed by atoms with Crippen molar-refractivity contribution in [2.45, 2.75) is 55.5 Å². The molecule has 2 aromatic rings. The molecule has 1 aromatic heterocycles. The lowest BCUT2D eigenvalue weighted by molar-refractivity contribution is -0.121. The minimum absolute atomic E-state index is 0.0207. The van der Waals surface area contributed by atoms with E-state index in [0.717, 1.165) is 12.8 Å². The van der Waals surface area contributed by atoms with Crippen molar-refractivity contribution < 1.29 is 9.18 Å². The van der Waals surface area contributed by atoms with Gasteiger partial charge in [-0.1, -0.05) is 43.2 Å². The Morgan fingerprint density at radius 1 is 1.28 bits per heavy atom. The van der Waals surface area contributed by atoms with Crippen LogP contribution in [0.3, 0.4) is 0 Å². The van der Waals surface area contributed by atoms with Crippen molar-refractivity contribution in [2.75, 3.05) is 0 Å². The van der Waals surface area contributed by atoms with E-state index >= 15 is 0 Å². The number of rotatable bonds is 5. The van der Waals surface area contributed by atoms with Crippen LogP contribution in [0.2, 0.25) is 0 Å². The minimum Gasteiger partial charge on any atom is -0.352 e. The van der Waals surface area contributed by atoms with Crippen LogP contribution in [-0.2, 0) is 11.8 Å². The van der Waals surface area contributed by atoms with E-state index in [1.54, 1.807) is 29.8 Å². The van der Waals surface area contributed by atoms with Gasteiger partial charge in [-0.3, -0.25) is 4.79 Å². The van der Waals surface area contributed by atoms with Gasteiger partial charge >= 0.3 is 0 Å². The monoisotopic (exact) mass is 362 g/mol. The fourth-order valence-electron chi connectivity index (χ4n) is 3.07. The maximum atomic E-state index is 14.0. The van der Waals surface area contributed by atoms with Gasteiger partial charge in [-0.2, -0.15) is 0 Å². The second kappa shape index (κ2) is 7.99. The van der Waals surface area contributed by atoms with Crippen LogP contribution in [0, 0.1) is 5.82 Å². The Bertz CT molecular complexity index is 742. The Balaban J connectivity index is 1.66. The van der Waals surface area contributed by atoms with E-state index in [2.05, 4.69) is 15.5 Å². The second-order valence-electron chi connectivity index (χ2n) is 6.45. The van der Waals surface area contributed by atoms with Gasteiger partial charge in [0.15, 0.2) is 11.0 Å². The number of aromatic nitrogens is 3. The zero-order valence-electron chi connectivity index (χ0n) is 14.5. The topological polar surface area (TPSA) is 59.8 Å². The van der Waals surface area contributed by atoms with Crippen LogP contribution in [0.1, 0.15) is 39.0 Å². The predicted molar refractivity (Wildman–Crippen MR) is 96.7 cm³/mol. The fourth-order valence-corrected chi connectivity index (χ4v) is 3.90. The molecule has 0 saturated heterocycles. The van der Waals surface area contributed by atoms with Crippen molar-refractivity contribution in [3.63, 3.8) is 0 Å². The first kappa shape index (κ1) is 17.9. The summed E-state index contributed by atoms with van der Waals surface area (Å²) in [6, 6.07) is 6.77. The molecule has 0 unspecified atom stereocenters. The van der Waals surface area contributed by atoms with Gasteiger partial charge in [0.2, 0.25) is 5.91 Å². The maximum Gasteiger partial charge on any atom is 0.233 e. The van der Waals surface area contributed by atoms with E-state index < -0.39 is 0 Å². The van der Waals surface area contributed by atoms with E-state index in [4.69, 9.17) is 0 Å². The summed E-state index contributed by atoms with van der Waals surface area (Å²) in [6.45, 7) is 1.86. The van der Waals surface area contributed by atoms with E-state index in [9.17, 15) is 9.18 Å². The van der Waals surface area contributed by atoms with Gasteiger partial charge in [0.25, 0.3) is 0 Å². The highest BCUT2D eigenvalue weighted by molar-refractivity contribution is 8.00. The molecule has 1 atom stereocenters. The summed E-state index contributed by atoms with van der Waals surface area (Å²) in [5.41, 5.74) is 0.406. The predicted octanol–water partition coefficient (Wildman–Crippen LogP) is 3.55. The number of nitrogens with one attached hydrogen (secondary N) is 1. The molecule has 1 heterocycles. The minimum atomic E-state index is -0.336. The second-order valence-corrected chi connectivity index (χ2v) is 7.76. The van der Waals surface area contributed by atoms with Crippen molar-refractivity contribution in [3.05, 3.63) is 30.1 Å². The van der Waals surface area contributed by atoms with Crippen LogP contribution < -0.4 is 5.32 Å². The summed E-state index contributed by atoms with van der Waals surface area (Å²) >= 11 is 1.34. The number of nitrogens with zero attached hydrogens (tertiary/aromatic N) is 3. The number of hydrogen-bond acceptors (Lipinski definition) is 4. The standard InChI is InChI=1S/C18H23FN4OS/c1-12(17(24)20-13-8-4-3-5-9-13)25-18-22-21-16(23(18)2)14-10-6-7-11-15(14)19/h6-7,10-13H,3-5,8-9H2,1-2H3,(H,20,24)/t12-/m0/s1. The van der Waals surface area contributed by atoms with Gasteiger partial charge in [0.1, 0.15) is 5.82 Å². The Labute approximate surface area is 151 Å². The van der Waals surface area contributed by atoms with E-state index in [-0.39, 0.29) is 23.0 Å². The van der Waals surface area contributed by atoms with Crippen LogP contribution in [0.15, 0.2) is 29.4 Å². The number of halogens is 1. The van der Waals surface area contributed by atoms with Gasteiger partial charge in [-0.05, 0) is 31.9 Å². The van der Waals surface area contributed by atoms with Crippen LogP contribution in [0.4, 0.5) is 4.39 Å². The number of carbonyl (C=O) groups is 1. The Kier molecular flexibility index (Phi) is 5.73. The summed E-state index contributed by atoms with van der Waals surface area (Å²) in [5, 5.41) is 11.7. The van der Waals surface area contributed by atoms with Crippen molar-refractivity contribution in [1.82, 2.24) is 20.1 Å². The molecule has 7 heteroatoms. The van der Waals surface area contributed by atoms with Gasteiger partial charge in [-0.25, -0.2) is 4.39 Å². The lowest BCUT2D eigenvalue weighted by Gasteiger charge is -2.24. The molecule has 134 valence electrons. The molecule has 1 aliphatic rings. The first-order valence-electron chi connectivity index (χ1n) is 8.67. The fraction of sp³-hybridized carbons (Fsp3) is 0.500. The smallest absolute Gasteiger partial charge is 0.233 e. The molecule has 1 saturated carbocycles. The van der Waals surface area contributed by atoms with E-state index in [1.807, 2.05) is 6.92 Å². The maximum absolute atomic E-state index is 14.0. The zero-order valence-corrected chi connectivity index (χ0v) is 15.4. The molecule has 0 spiro atoms. The third-order valence-electron chi connectivity index (χ3n) is 4.55. The average Bonchev–Trinajstić information content (AvgIpc) is 2.97. The Morgan fingerprint density at radius 2 is 2.00 bits per heavy atom. The molecular formula is C18H23FN4OS. The third kappa shape index (κ3) is 4.21. The first-order valence-corrected chi connectivity index (χ1v) is 9.55. The van der Waals surface area contributed by atoms with Crippen LogP contribution in [-0.4, -0.2) is 32.0 Å². The number of carbonyl (C=O) groups excluding carboxylic acids is 1. The molecule has 25 heavy (non-hydrogen) atoms. The Morgan fingerprint density at radius 3 is 2.72 bits per heavy atom. The molecular weight excluding hydrogens is 339 g/mol. The molecule has 1 amide bonds. The highest BCUT2D eigenvalue weighted by Gasteiger charge is 2.23. The summed E-state index contributed by atoms with van der Waals surface area (Å²) in [4.78, 5) is 12.4. The summed E-state index contributed by atoms with van der Waals surface area (Å²) < 4.78 is 15.7. The van der Waals surface area contributed by atoms with Crippen molar-refractivity contribution >= 4 is 17.7 Å². The van der Waals surface area contributed by atoms with E-state index in [1.165, 1.54) is 37.1 Å². The SMILES string of the molecule is C[C@H](Sc1nnc(-c2ccccc2F)n1C)C(=O)NC1CCCCC1. The molecule has 1 aromatic carbocycles. The van der Waals surface area contributed by atoms with Gasteiger partial charge in [0.05, 0.1) is 10.8 Å². The molecule has 0 bridgehead atoms. The van der Waals surface area contributed by atoms with Gasteiger partial charge < -0.3 is 9.88 Å². The molecule has 1 fully saturated rings. The number of thioether (sulfide) groups is 1. The van der Waals surface area contributed by atoms with Gasteiger partial charge in [0, 0.05) is 13.1 Å². The molecule has 1 N–H and O–H groups in total. The van der Waals surface area contributed by atoms with Crippen molar-refractivity contribution in [1.29, 1.82) is 0 Å². The lowest BCUT2D eigenvalue weighted by atomic mass is 9.95. The quantitative estimate of drug-likeness (QED) is 0.827. The highest BCUT2D eigenvalue weighted by Crippen LogP contribution is 2.27. The average molecular weight is 362 g/mol. The Hall–Kier alpha value is -1.89. The molecule has 5 nitrogen and oxygen atoms in total. The lowest BCUT2D eigenvalue weighted by Crippen LogP contribution is -2.40. The number of amides is 1. The van der Waals surface area contributed by atoms with Gasteiger partial charge in [-0.15, -0.1) is 10.2 Å². The number of benzene rings is 1. The van der Waals surface area contributed by atoms with Crippen LogP contribution in [0.25, 0.3) is 11.4 Å². The summed E-state index contributed by atoms with van der Waals surface area (Å²) in [7, 11) is 1.79. The summed E-state index contributed by atoms with van der Waals surface area (Å²) in [6.07, 6.45) is 5.74. The van der Waals surface area contributed by atoms with Crippen LogP contribution >= 0.6 is 11.8 Å². The van der Waals surface area contributed by atoms with E-state index in [0.29, 0.717) is 16.5 Å². The number of hydrogen-bond donors (Lipinski definition) is 1. The first-order chi connectivity index (χ1) is 12.1. The largest absolute Gasteiger partial charge is 0.352 e. The summed E-state index contributed by atoms with van der Waals surface area (Å²) in [5.74, 6) is 0.144.